The lowest BCUT2D eigenvalue weighted by Gasteiger charge is -2.22. The summed E-state index contributed by atoms with van der Waals surface area (Å²) in [4.78, 5) is 21.9. The van der Waals surface area contributed by atoms with Crippen LogP contribution in [0.15, 0.2) is 65.6 Å². The molecule has 7 nitrogen and oxygen atoms in total. The van der Waals surface area contributed by atoms with E-state index < -0.39 is 0 Å². The Morgan fingerprint density at radius 3 is 2.50 bits per heavy atom. The Balaban J connectivity index is 1.56. The van der Waals surface area contributed by atoms with Gasteiger partial charge in [0.05, 0.1) is 29.2 Å². The van der Waals surface area contributed by atoms with Crippen molar-refractivity contribution in [2.45, 2.75) is 46.4 Å². The zero-order valence-corrected chi connectivity index (χ0v) is 18.9. The van der Waals surface area contributed by atoms with E-state index in [2.05, 4.69) is 41.4 Å². The number of hydrogen-bond acceptors (Lipinski definition) is 5. The molecule has 4 rings (SSSR count). The van der Waals surface area contributed by atoms with E-state index in [1.54, 1.807) is 12.3 Å². The number of nitrogens with zero attached hydrogens (tertiary/aromatic N) is 3. The lowest BCUT2D eigenvalue weighted by molar-refractivity contribution is 0.242. The molecule has 1 aromatic carbocycles. The molecule has 2 N–H and O–H groups in total. The third-order valence-corrected chi connectivity index (χ3v) is 5.22. The summed E-state index contributed by atoms with van der Waals surface area (Å²) in [5.41, 5.74) is 3.83. The van der Waals surface area contributed by atoms with Crippen LogP contribution < -0.4 is 15.6 Å². The number of H-pyrrole nitrogens is 1. The van der Waals surface area contributed by atoms with E-state index in [1.807, 2.05) is 50.2 Å². The average Bonchev–Trinajstić information content (AvgIpc) is 3.20. The maximum Gasteiger partial charge on any atom is 0.272 e. The van der Waals surface area contributed by atoms with Crippen LogP contribution >= 0.6 is 0 Å². The number of aromatic nitrogens is 4. The van der Waals surface area contributed by atoms with Crippen LogP contribution in [0.3, 0.4) is 0 Å². The molecule has 3 aromatic heterocycles. The molecule has 0 aliphatic rings. The minimum Gasteiger partial charge on any atom is -0.491 e. The Hall–Kier alpha value is -3.45. The second kappa shape index (κ2) is 9.36. The number of benzene rings is 1. The van der Waals surface area contributed by atoms with Crippen LogP contribution in [0.1, 0.15) is 45.0 Å². The third-order valence-electron chi connectivity index (χ3n) is 5.22. The zero-order valence-electron chi connectivity index (χ0n) is 18.9. The second-order valence-electron chi connectivity index (χ2n) is 8.51. The normalized spacial score (nSPS) is 12.6. The summed E-state index contributed by atoms with van der Waals surface area (Å²) in [6.07, 6.45) is 1.87. The van der Waals surface area contributed by atoms with E-state index in [0.717, 1.165) is 28.4 Å². The van der Waals surface area contributed by atoms with Crippen LogP contribution in [-0.4, -0.2) is 25.7 Å². The SMILES string of the molecule is CC(C)Oc1ccc(CN[C@@H](c2cc(=O)n3[nH]c(-c4ccccn4)cc3n2)C(C)C)cc1. The molecule has 166 valence electrons. The summed E-state index contributed by atoms with van der Waals surface area (Å²) < 4.78 is 7.17. The molecule has 4 aromatic rings. The van der Waals surface area contributed by atoms with Crippen molar-refractivity contribution in [1.29, 1.82) is 0 Å². The highest BCUT2D eigenvalue weighted by atomic mass is 16.5. The predicted octanol–water partition coefficient (Wildman–Crippen LogP) is 4.36. The first-order valence-corrected chi connectivity index (χ1v) is 10.9. The van der Waals surface area contributed by atoms with Gasteiger partial charge in [-0.05, 0) is 49.6 Å². The molecule has 0 bridgehead atoms. The quantitative estimate of drug-likeness (QED) is 0.433. The molecule has 7 heteroatoms. The van der Waals surface area contributed by atoms with Crippen molar-refractivity contribution in [2.24, 2.45) is 5.92 Å². The van der Waals surface area contributed by atoms with Crippen LogP contribution in [0.5, 0.6) is 5.75 Å². The Labute approximate surface area is 187 Å². The topological polar surface area (TPSA) is 84.3 Å². The van der Waals surface area contributed by atoms with Gasteiger partial charge in [0.25, 0.3) is 5.56 Å². The van der Waals surface area contributed by atoms with Crippen LogP contribution in [0, 0.1) is 5.92 Å². The number of aromatic amines is 1. The minimum atomic E-state index is -0.144. The molecule has 0 saturated carbocycles. The molecular formula is C25H29N5O2. The van der Waals surface area contributed by atoms with Crippen LogP contribution in [-0.2, 0) is 6.54 Å². The van der Waals surface area contributed by atoms with Crippen molar-refractivity contribution >= 4 is 5.65 Å². The maximum absolute atomic E-state index is 12.8. The third kappa shape index (κ3) is 4.89. The van der Waals surface area contributed by atoms with Crippen LogP contribution in [0.4, 0.5) is 0 Å². The number of hydrogen-bond donors (Lipinski definition) is 2. The largest absolute Gasteiger partial charge is 0.491 e. The van der Waals surface area contributed by atoms with Crippen molar-refractivity contribution < 1.29 is 4.74 Å². The van der Waals surface area contributed by atoms with E-state index in [1.165, 1.54) is 4.52 Å². The van der Waals surface area contributed by atoms with E-state index in [-0.39, 0.29) is 23.6 Å². The van der Waals surface area contributed by atoms with Crippen molar-refractivity contribution in [1.82, 2.24) is 24.9 Å². The first kappa shape index (κ1) is 21.8. The van der Waals surface area contributed by atoms with E-state index in [4.69, 9.17) is 9.72 Å². The summed E-state index contributed by atoms with van der Waals surface area (Å²) in [5.74, 6) is 1.11. The lowest BCUT2D eigenvalue weighted by atomic mass is 10.00. The number of rotatable bonds is 8. The van der Waals surface area contributed by atoms with Gasteiger partial charge in [-0.15, -0.1) is 0 Å². The molecule has 0 spiro atoms. The molecule has 0 radical (unpaired) electrons. The van der Waals surface area contributed by atoms with Gasteiger partial charge in [0, 0.05) is 24.9 Å². The highest BCUT2D eigenvalue weighted by Crippen LogP contribution is 2.22. The van der Waals surface area contributed by atoms with E-state index >= 15 is 0 Å². The van der Waals surface area contributed by atoms with Gasteiger partial charge in [-0.25, -0.2) is 9.50 Å². The Morgan fingerprint density at radius 1 is 1.06 bits per heavy atom. The molecule has 0 aliphatic heterocycles. The monoisotopic (exact) mass is 431 g/mol. The molecule has 0 unspecified atom stereocenters. The lowest BCUT2D eigenvalue weighted by Crippen LogP contribution is -2.28. The molecule has 3 heterocycles. The Kier molecular flexibility index (Phi) is 6.37. The van der Waals surface area contributed by atoms with Crippen LogP contribution in [0.2, 0.25) is 0 Å². The first-order valence-electron chi connectivity index (χ1n) is 10.9. The van der Waals surface area contributed by atoms with Gasteiger partial charge in [-0.3, -0.25) is 14.9 Å². The summed E-state index contributed by atoms with van der Waals surface area (Å²) in [6, 6.07) is 17.1. The standard InChI is InChI=1S/C25H29N5O2/c1-16(2)25(27-15-18-8-10-19(11-9-18)32-17(3)4)22-14-24(31)30-23(28-22)13-21(29-30)20-7-5-6-12-26-20/h5-14,16-17,25,27,29H,15H2,1-4H3/t25-/m1/s1. The second-order valence-corrected chi connectivity index (χ2v) is 8.51. The first-order chi connectivity index (χ1) is 15.4. The van der Waals surface area contributed by atoms with E-state index in [0.29, 0.717) is 12.2 Å². The predicted molar refractivity (Wildman–Crippen MR) is 126 cm³/mol. The summed E-state index contributed by atoms with van der Waals surface area (Å²) in [7, 11) is 0. The zero-order chi connectivity index (χ0) is 22.7. The van der Waals surface area contributed by atoms with Gasteiger partial charge in [0.1, 0.15) is 5.75 Å². The molecule has 0 aliphatic carbocycles. The van der Waals surface area contributed by atoms with Gasteiger partial charge in [0.2, 0.25) is 0 Å². The number of nitrogens with one attached hydrogen (secondary N) is 2. The number of ether oxygens (including phenoxy) is 1. The van der Waals surface area contributed by atoms with E-state index in [9.17, 15) is 4.79 Å². The van der Waals surface area contributed by atoms with Gasteiger partial charge in [0.15, 0.2) is 5.65 Å². The minimum absolute atomic E-state index is 0.0625. The van der Waals surface area contributed by atoms with Gasteiger partial charge >= 0.3 is 0 Å². The fourth-order valence-electron chi connectivity index (χ4n) is 3.69. The number of fused-ring (bicyclic) bond motifs is 1. The van der Waals surface area contributed by atoms with Gasteiger partial charge in [-0.2, -0.15) is 0 Å². The Bertz CT molecular complexity index is 1230. The highest BCUT2D eigenvalue weighted by molar-refractivity contribution is 5.60. The molecule has 32 heavy (non-hydrogen) atoms. The maximum atomic E-state index is 12.8. The average molecular weight is 432 g/mol. The fourth-order valence-corrected chi connectivity index (χ4v) is 3.69. The molecule has 0 amide bonds. The summed E-state index contributed by atoms with van der Waals surface area (Å²) >= 11 is 0. The summed E-state index contributed by atoms with van der Waals surface area (Å²) in [6.45, 7) is 8.93. The van der Waals surface area contributed by atoms with Crippen LogP contribution in [0.25, 0.3) is 17.0 Å². The van der Waals surface area contributed by atoms with Crippen molar-refractivity contribution in [3.8, 4) is 17.1 Å². The molecular weight excluding hydrogens is 402 g/mol. The number of pyridine rings is 1. The molecule has 0 saturated heterocycles. The van der Waals surface area contributed by atoms with Crippen molar-refractivity contribution in [3.63, 3.8) is 0 Å². The smallest absolute Gasteiger partial charge is 0.272 e. The molecule has 0 fully saturated rings. The van der Waals surface area contributed by atoms with Crippen molar-refractivity contribution in [3.05, 3.63) is 82.4 Å². The molecule has 1 atom stereocenters. The summed E-state index contributed by atoms with van der Waals surface area (Å²) in [5, 5.41) is 6.67. The van der Waals surface area contributed by atoms with Gasteiger partial charge < -0.3 is 10.1 Å². The fraction of sp³-hybridized carbons (Fsp3) is 0.320. The highest BCUT2D eigenvalue weighted by Gasteiger charge is 2.19. The van der Waals surface area contributed by atoms with Gasteiger partial charge in [-0.1, -0.05) is 32.0 Å². The Morgan fingerprint density at radius 2 is 1.84 bits per heavy atom. The van der Waals surface area contributed by atoms with Crippen molar-refractivity contribution in [2.75, 3.05) is 0 Å².